The van der Waals surface area contributed by atoms with E-state index in [0.717, 1.165) is 0 Å². The number of hydrogen-bond acceptors (Lipinski definition) is 4. The third kappa shape index (κ3) is 2.99. The van der Waals surface area contributed by atoms with Crippen molar-refractivity contribution in [3.8, 4) is 0 Å². The van der Waals surface area contributed by atoms with E-state index in [4.69, 9.17) is 5.11 Å². The minimum atomic E-state index is -1.04. The van der Waals surface area contributed by atoms with Gasteiger partial charge in [-0.25, -0.2) is 0 Å². The van der Waals surface area contributed by atoms with E-state index < -0.39 is 18.1 Å². The van der Waals surface area contributed by atoms with Gasteiger partial charge in [0.2, 0.25) is 0 Å². The normalized spacial score (nSPS) is 15.1. The zero-order valence-corrected chi connectivity index (χ0v) is 6.40. The second-order valence-electron chi connectivity index (χ2n) is 2.04. The van der Waals surface area contributed by atoms with E-state index in [1.165, 1.54) is 14.0 Å². The van der Waals surface area contributed by atoms with E-state index in [2.05, 4.69) is 10.1 Å². The highest BCUT2D eigenvalue weighted by molar-refractivity contribution is 5.74. The smallest absolute Gasteiger partial charge is 0.324 e. The lowest BCUT2D eigenvalue weighted by Crippen LogP contribution is -2.43. The zero-order chi connectivity index (χ0) is 8.85. The third-order valence-corrected chi connectivity index (χ3v) is 1.32. The molecule has 0 radical (unpaired) electrons. The van der Waals surface area contributed by atoms with Gasteiger partial charge >= 0.3 is 5.97 Å². The van der Waals surface area contributed by atoms with Crippen LogP contribution in [0.3, 0.4) is 0 Å². The number of hydrogen-bond donors (Lipinski definition) is 2. The summed E-state index contributed by atoms with van der Waals surface area (Å²) in [7, 11) is 1.49. The van der Waals surface area contributed by atoms with Crippen LogP contribution in [0.2, 0.25) is 0 Å². The molecular weight excluding hydrogens is 150 g/mol. The Morgan fingerprint density at radius 3 is 2.55 bits per heavy atom. The van der Waals surface area contributed by atoms with Crippen LogP contribution in [0.25, 0.3) is 0 Å². The van der Waals surface area contributed by atoms with Gasteiger partial charge in [-0.05, 0) is 14.0 Å². The molecule has 0 aromatic carbocycles. The minimum absolute atomic E-state index is 0.234. The number of nitrogens with one attached hydrogen (secondary N) is 1. The number of rotatable bonds is 5. The van der Waals surface area contributed by atoms with Crippen LogP contribution in [0, 0.1) is 0 Å². The van der Waals surface area contributed by atoms with Crippen molar-refractivity contribution in [3.63, 3.8) is 0 Å². The van der Waals surface area contributed by atoms with Crippen molar-refractivity contribution in [1.82, 2.24) is 5.32 Å². The summed E-state index contributed by atoms with van der Waals surface area (Å²) in [6, 6.07) is -0.847. The van der Waals surface area contributed by atoms with Gasteiger partial charge in [-0.3, -0.25) is 9.59 Å². The lowest BCUT2D eigenvalue weighted by atomic mass is 10.2. The van der Waals surface area contributed by atoms with Gasteiger partial charge in [0, 0.05) is 0 Å². The Morgan fingerprint density at radius 1 is 1.73 bits per heavy atom. The summed E-state index contributed by atoms with van der Waals surface area (Å²) in [6.45, 7) is 1.74. The van der Waals surface area contributed by atoms with Crippen LogP contribution in [0.4, 0.5) is 0 Å². The molecule has 0 amide bonds. The highest BCUT2D eigenvalue weighted by Crippen LogP contribution is 1.96. The summed E-state index contributed by atoms with van der Waals surface area (Å²) in [6.07, 6.45) is -0.657. The maximum Gasteiger partial charge on any atom is 0.324 e. The topological polar surface area (TPSA) is 75.6 Å². The molecule has 11 heavy (non-hydrogen) atoms. The van der Waals surface area contributed by atoms with Crippen molar-refractivity contribution in [2.45, 2.75) is 19.1 Å². The maximum absolute atomic E-state index is 10.4. The van der Waals surface area contributed by atoms with E-state index in [1.54, 1.807) is 0 Å². The Morgan fingerprint density at radius 2 is 2.27 bits per heavy atom. The van der Waals surface area contributed by atoms with Crippen LogP contribution in [0.1, 0.15) is 6.92 Å². The molecule has 0 aromatic heterocycles. The molecule has 2 atom stereocenters. The van der Waals surface area contributed by atoms with Gasteiger partial charge in [0.05, 0.1) is 0 Å². The predicted octanol–water partition coefficient (Wildman–Crippen LogP) is -0.780. The second-order valence-corrected chi connectivity index (χ2v) is 2.04. The molecule has 0 fully saturated rings. The molecule has 64 valence electrons. The van der Waals surface area contributed by atoms with Gasteiger partial charge in [0.25, 0.3) is 6.47 Å². The number of carbonyl (C=O) groups is 2. The Bertz CT molecular complexity index is 148. The van der Waals surface area contributed by atoms with Crippen molar-refractivity contribution in [2.24, 2.45) is 0 Å². The minimum Gasteiger partial charge on any atom is -0.480 e. The summed E-state index contributed by atoms with van der Waals surface area (Å²) >= 11 is 0. The van der Waals surface area contributed by atoms with E-state index in [1.807, 2.05) is 0 Å². The number of carboxylic acid groups (broad SMARTS) is 1. The van der Waals surface area contributed by atoms with Gasteiger partial charge in [-0.1, -0.05) is 0 Å². The second kappa shape index (κ2) is 4.68. The first-order chi connectivity index (χ1) is 5.13. The van der Waals surface area contributed by atoms with Crippen molar-refractivity contribution in [1.29, 1.82) is 0 Å². The van der Waals surface area contributed by atoms with Crippen molar-refractivity contribution in [2.75, 3.05) is 7.05 Å². The van der Waals surface area contributed by atoms with E-state index in [-0.39, 0.29) is 6.47 Å². The lowest BCUT2D eigenvalue weighted by Gasteiger charge is -2.16. The van der Waals surface area contributed by atoms with Gasteiger partial charge < -0.3 is 15.2 Å². The van der Waals surface area contributed by atoms with Crippen LogP contribution in [0.15, 0.2) is 0 Å². The molecule has 0 aliphatic rings. The largest absolute Gasteiger partial charge is 0.480 e. The van der Waals surface area contributed by atoms with Crippen molar-refractivity contribution in [3.05, 3.63) is 0 Å². The van der Waals surface area contributed by atoms with E-state index in [0.29, 0.717) is 0 Å². The number of ether oxygens (including phenoxy) is 1. The average Bonchev–Trinajstić information content (AvgIpc) is 1.88. The fraction of sp³-hybridized carbons (Fsp3) is 0.667. The molecule has 0 heterocycles. The monoisotopic (exact) mass is 161 g/mol. The molecule has 0 aliphatic carbocycles. The Hall–Kier alpha value is -1.10. The van der Waals surface area contributed by atoms with Gasteiger partial charge in [0.1, 0.15) is 12.1 Å². The van der Waals surface area contributed by atoms with Crippen LogP contribution in [0.5, 0.6) is 0 Å². The first kappa shape index (κ1) is 9.90. The van der Waals surface area contributed by atoms with Crippen LogP contribution < -0.4 is 5.32 Å². The SMILES string of the molecule is CN[C@H](C(=O)O)[C@@H](C)OC=O. The highest BCUT2D eigenvalue weighted by Gasteiger charge is 2.23. The number of aliphatic carboxylic acids is 1. The fourth-order valence-electron chi connectivity index (χ4n) is 0.725. The predicted molar refractivity (Wildman–Crippen MR) is 37.1 cm³/mol. The highest BCUT2D eigenvalue weighted by atomic mass is 16.5. The molecule has 0 saturated carbocycles. The maximum atomic E-state index is 10.4. The van der Waals surface area contributed by atoms with Crippen molar-refractivity contribution < 1.29 is 19.4 Å². The Kier molecular flexibility index (Phi) is 4.21. The molecule has 5 nitrogen and oxygen atoms in total. The quantitative estimate of drug-likeness (QED) is 0.517. The molecule has 2 N–H and O–H groups in total. The summed E-state index contributed by atoms with van der Waals surface area (Å²) in [4.78, 5) is 20.2. The van der Waals surface area contributed by atoms with Crippen LogP contribution in [-0.4, -0.2) is 36.7 Å². The summed E-state index contributed by atoms with van der Waals surface area (Å²) in [5.41, 5.74) is 0. The lowest BCUT2D eigenvalue weighted by molar-refractivity contribution is -0.146. The van der Waals surface area contributed by atoms with Gasteiger partial charge in [0.15, 0.2) is 0 Å². The number of likely N-dealkylation sites (N-methyl/N-ethyl adjacent to an activating group) is 1. The van der Waals surface area contributed by atoms with Gasteiger partial charge in [-0.2, -0.15) is 0 Å². The summed E-state index contributed by atoms with van der Waals surface area (Å²) in [5, 5.41) is 11.0. The fourth-order valence-corrected chi connectivity index (χ4v) is 0.725. The van der Waals surface area contributed by atoms with E-state index >= 15 is 0 Å². The number of carbonyl (C=O) groups excluding carboxylic acids is 1. The molecule has 0 aliphatic heterocycles. The Labute approximate surface area is 64.3 Å². The molecule has 0 aromatic rings. The Balaban J connectivity index is 4.01. The molecule has 0 rings (SSSR count). The molecule has 0 unspecified atom stereocenters. The molecule has 0 spiro atoms. The third-order valence-electron chi connectivity index (χ3n) is 1.32. The zero-order valence-electron chi connectivity index (χ0n) is 6.40. The average molecular weight is 161 g/mol. The van der Waals surface area contributed by atoms with Crippen molar-refractivity contribution >= 4 is 12.4 Å². The van der Waals surface area contributed by atoms with Crippen LogP contribution in [-0.2, 0) is 14.3 Å². The first-order valence-corrected chi connectivity index (χ1v) is 3.12. The van der Waals surface area contributed by atoms with E-state index in [9.17, 15) is 9.59 Å². The summed E-state index contributed by atoms with van der Waals surface area (Å²) in [5.74, 6) is -1.04. The first-order valence-electron chi connectivity index (χ1n) is 3.12. The summed E-state index contributed by atoms with van der Waals surface area (Å²) < 4.78 is 4.43. The molecule has 0 saturated heterocycles. The molecular formula is C6H11NO4. The standard InChI is InChI=1S/C6H11NO4/c1-4(11-3-8)5(7-2)6(9)10/h3-5,7H,1-2H3,(H,9,10)/t4-,5+/m1/s1. The van der Waals surface area contributed by atoms with Crippen LogP contribution >= 0.6 is 0 Å². The molecule has 5 heteroatoms. The number of carboxylic acids is 1. The van der Waals surface area contributed by atoms with Gasteiger partial charge in [-0.15, -0.1) is 0 Å². The molecule has 0 bridgehead atoms.